The minimum Gasteiger partial charge on any atom is -0.206 e. The second-order valence-corrected chi connectivity index (χ2v) is 2.74. The van der Waals surface area contributed by atoms with Gasteiger partial charge in [0, 0.05) is 3.57 Å². The van der Waals surface area contributed by atoms with Crippen molar-refractivity contribution in [2.45, 2.75) is 0 Å². The second kappa shape index (κ2) is 2.60. The summed E-state index contributed by atoms with van der Waals surface area (Å²) in [6, 6.07) is 4.30. The normalized spacial score (nSPS) is 9.67. The van der Waals surface area contributed by atoms with Crippen LogP contribution >= 0.6 is 22.6 Å². The molecule has 0 aliphatic heterocycles. The molecular formula is C6H2F2I. The van der Waals surface area contributed by atoms with Gasteiger partial charge in [-0.3, -0.25) is 0 Å². The first-order valence-corrected chi connectivity index (χ1v) is 3.30. The van der Waals surface area contributed by atoms with Crippen LogP contribution in [0.25, 0.3) is 0 Å². The standard InChI is InChI=1S/C6H2F2I/c7-4-1-5(8)3-6(9)2-4/h2-3H. The first-order chi connectivity index (χ1) is 4.18. The van der Waals surface area contributed by atoms with Gasteiger partial charge in [-0.25, -0.2) is 8.78 Å². The molecule has 0 aromatic heterocycles. The summed E-state index contributed by atoms with van der Waals surface area (Å²) in [5, 5.41) is 0. The predicted octanol–water partition coefficient (Wildman–Crippen LogP) is 2.37. The van der Waals surface area contributed by atoms with E-state index in [-0.39, 0.29) is 0 Å². The minimum atomic E-state index is -0.653. The molecule has 0 aliphatic carbocycles. The van der Waals surface area contributed by atoms with Crippen molar-refractivity contribution in [2.75, 3.05) is 0 Å². The van der Waals surface area contributed by atoms with Crippen molar-refractivity contribution in [3.8, 4) is 0 Å². The summed E-state index contributed by atoms with van der Waals surface area (Å²) >= 11 is 1.83. The third kappa shape index (κ3) is 1.89. The molecule has 0 nitrogen and oxygen atoms in total. The van der Waals surface area contributed by atoms with Gasteiger partial charge in [0.05, 0.1) is 6.07 Å². The zero-order valence-corrected chi connectivity index (χ0v) is 6.45. The van der Waals surface area contributed by atoms with Gasteiger partial charge >= 0.3 is 0 Å². The summed E-state index contributed by atoms with van der Waals surface area (Å²) in [6.07, 6.45) is 0. The van der Waals surface area contributed by atoms with Gasteiger partial charge in [0.25, 0.3) is 0 Å². The van der Waals surface area contributed by atoms with E-state index in [0.29, 0.717) is 3.57 Å². The lowest BCUT2D eigenvalue weighted by Crippen LogP contribution is -1.80. The molecule has 0 bridgehead atoms. The van der Waals surface area contributed by atoms with Crippen LogP contribution in [-0.4, -0.2) is 0 Å². The summed E-state index contributed by atoms with van der Waals surface area (Å²) < 4.78 is 24.8. The van der Waals surface area contributed by atoms with E-state index in [9.17, 15) is 8.78 Å². The van der Waals surface area contributed by atoms with Crippen molar-refractivity contribution in [3.05, 3.63) is 33.4 Å². The molecular weight excluding hydrogens is 237 g/mol. The first-order valence-electron chi connectivity index (χ1n) is 2.22. The number of benzene rings is 1. The van der Waals surface area contributed by atoms with Crippen molar-refractivity contribution in [1.82, 2.24) is 0 Å². The van der Waals surface area contributed by atoms with Crippen molar-refractivity contribution < 1.29 is 8.78 Å². The van der Waals surface area contributed by atoms with Crippen LogP contribution < -0.4 is 0 Å². The Labute approximate surface area is 65.0 Å². The van der Waals surface area contributed by atoms with E-state index in [1.807, 2.05) is 28.7 Å². The van der Waals surface area contributed by atoms with Gasteiger partial charge in [-0.15, -0.1) is 0 Å². The Morgan fingerprint density at radius 2 is 1.67 bits per heavy atom. The van der Waals surface area contributed by atoms with Crippen LogP contribution in [0.5, 0.6) is 0 Å². The fourth-order valence-corrected chi connectivity index (χ4v) is 1.02. The molecule has 0 unspecified atom stereocenters. The molecule has 9 heavy (non-hydrogen) atoms. The Kier molecular flexibility index (Phi) is 2.00. The third-order valence-corrected chi connectivity index (χ3v) is 1.39. The molecule has 1 aromatic rings. The number of hydrogen-bond acceptors (Lipinski definition) is 0. The monoisotopic (exact) mass is 239 g/mol. The maximum Gasteiger partial charge on any atom is 0.135 e. The van der Waals surface area contributed by atoms with Crippen LogP contribution in [0, 0.1) is 21.3 Å². The number of halogens is 3. The van der Waals surface area contributed by atoms with E-state index in [0.717, 1.165) is 0 Å². The molecule has 0 saturated carbocycles. The molecule has 0 spiro atoms. The molecule has 3 heteroatoms. The summed E-state index contributed by atoms with van der Waals surface area (Å²) in [5.41, 5.74) is 0. The van der Waals surface area contributed by atoms with Crippen LogP contribution in [-0.2, 0) is 0 Å². The Morgan fingerprint density at radius 1 is 1.22 bits per heavy atom. The third-order valence-electron chi connectivity index (χ3n) is 0.768. The van der Waals surface area contributed by atoms with Crippen molar-refractivity contribution in [3.63, 3.8) is 0 Å². The molecule has 0 atom stereocenters. The Morgan fingerprint density at radius 3 is 2.00 bits per heavy atom. The van der Waals surface area contributed by atoms with Crippen molar-refractivity contribution in [1.29, 1.82) is 0 Å². The zero-order valence-electron chi connectivity index (χ0n) is 4.29. The molecule has 0 amide bonds. The Balaban J connectivity index is 3.17. The summed E-state index contributed by atoms with van der Waals surface area (Å²) in [5.74, 6) is -1.31. The Bertz CT molecular complexity index is 172. The molecule has 1 rings (SSSR count). The first kappa shape index (κ1) is 6.92. The van der Waals surface area contributed by atoms with E-state index >= 15 is 0 Å². The lowest BCUT2D eigenvalue weighted by molar-refractivity contribution is 0.578. The summed E-state index contributed by atoms with van der Waals surface area (Å²) in [6.45, 7) is 0. The number of rotatable bonds is 0. The summed E-state index contributed by atoms with van der Waals surface area (Å²) in [4.78, 5) is 0. The van der Waals surface area contributed by atoms with Gasteiger partial charge < -0.3 is 0 Å². The highest BCUT2D eigenvalue weighted by atomic mass is 127. The van der Waals surface area contributed by atoms with Crippen LogP contribution in [0.4, 0.5) is 8.78 Å². The maximum absolute atomic E-state index is 12.1. The van der Waals surface area contributed by atoms with E-state index in [1.165, 1.54) is 12.1 Å². The molecule has 1 aromatic carbocycles. The van der Waals surface area contributed by atoms with Gasteiger partial charge in [0.15, 0.2) is 0 Å². The van der Waals surface area contributed by atoms with Crippen LogP contribution in [0.15, 0.2) is 12.1 Å². The van der Waals surface area contributed by atoms with Gasteiger partial charge in [-0.2, -0.15) is 0 Å². The highest BCUT2D eigenvalue weighted by molar-refractivity contribution is 14.1. The van der Waals surface area contributed by atoms with E-state index < -0.39 is 11.6 Å². The average Bonchev–Trinajstić information content (AvgIpc) is 1.59. The number of hydrogen-bond donors (Lipinski definition) is 0. The smallest absolute Gasteiger partial charge is 0.135 e. The fraction of sp³-hybridized carbons (Fsp3) is 0. The van der Waals surface area contributed by atoms with E-state index in [1.54, 1.807) is 0 Å². The van der Waals surface area contributed by atoms with Gasteiger partial charge in [0.2, 0.25) is 0 Å². The highest BCUT2D eigenvalue weighted by Crippen LogP contribution is 2.08. The van der Waals surface area contributed by atoms with Crippen molar-refractivity contribution >= 4 is 22.6 Å². The molecule has 1 radical (unpaired) electrons. The molecule has 47 valence electrons. The molecule has 0 fully saturated rings. The summed E-state index contributed by atoms with van der Waals surface area (Å²) in [7, 11) is 0. The van der Waals surface area contributed by atoms with Gasteiger partial charge in [0.1, 0.15) is 11.6 Å². The topological polar surface area (TPSA) is 0 Å². The fourth-order valence-electron chi connectivity index (χ4n) is 0.470. The minimum absolute atomic E-state index is 0.543. The van der Waals surface area contributed by atoms with Crippen LogP contribution in [0.1, 0.15) is 0 Å². The predicted molar refractivity (Wildman–Crippen MR) is 37.9 cm³/mol. The molecule has 0 saturated heterocycles. The molecule has 0 aliphatic rings. The molecule has 0 N–H and O–H groups in total. The SMILES string of the molecule is Fc1[c]c(F)cc(I)c1. The van der Waals surface area contributed by atoms with E-state index in [4.69, 9.17) is 0 Å². The lowest BCUT2D eigenvalue weighted by atomic mass is 10.3. The van der Waals surface area contributed by atoms with Crippen LogP contribution in [0.2, 0.25) is 0 Å². The second-order valence-electron chi connectivity index (χ2n) is 1.49. The van der Waals surface area contributed by atoms with Crippen LogP contribution in [0.3, 0.4) is 0 Å². The van der Waals surface area contributed by atoms with Gasteiger partial charge in [-0.05, 0) is 34.7 Å². The van der Waals surface area contributed by atoms with Gasteiger partial charge in [-0.1, -0.05) is 0 Å². The quantitative estimate of drug-likeness (QED) is 0.609. The lowest BCUT2D eigenvalue weighted by Gasteiger charge is -1.89. The zero-order chi connectivity index (χ0) is 6.85. The molecule has 0 heterocycles. The Hall–Kier alpha value is -0.190. The van der Waals surface area contributed by atoms with Crippen molar-refractivity contribution in [2.24, 2.45) is 0 Å². The average molecular weight is 239 g/mol. The highest BCUT2D eigenvalue weighted by Gasteiger charge is 1.96. The largest absolute Gasteiger partial charge is 0.206 e. The maximum atomic E-state index is 12.1. The van der Waals surface area contributed by atoms with E-state index in [2.05, 4.69) is 0 Å².